The van der Waals surface area contributed by atoms with Crippen molar-refractivity contribution in [2.24, 2.45) is 5.92 Å². The molecule has 0 aromatic heterocycles. The Balaban J connectivity index is 1.28. The molecule has 3 fully saturated rings. The Bertz CT molecular complexity index is 1060. The van der Waals surface area contributed by atoms with E-state index < -0.39 is 15.8 Å². The number of sulfonamides is 1. The number of carbonyl (C=O) groups is 2. The van der Waals surface area contributed by atoms with E-state index in [0.29, 0.717) is 65.1 Å². The Hall–Kier alpha value is -2.01. The molecule has 0 bridgehead atoms. The number of carbonyl (C=O) groups excluding carboxylic acids is 2. The molecule has 4 aliphatic heterocycles. The fraction of sp³-hybridized carbons (Fsp3) is 0.667. The van der Waals surface area contributed by atoms with E-state index >= 15 is 0 Å². The number of hydrogen-bond acceptors (Lipinski definition) is 6. The summed E-state index contributed by atoms with van der Waals surface area (Å²) >= 11 is 0. The summed E-state index contributed by atoms with van der Waals surface area (Å²) < 4.78 is 40.0. The van der Waals surface area contributed by atoms with Crippen LogP contribution in [0.2, 0.25) is 0 Å². The highest BCUT2D eigenvalue weighted by Gasteiger charge is 2.43. The average molecular weight is 492 g/mol. The van der Waals surface area contributed by atoms with Gasteiger partial charge in [-0.2, -0.15) is 4.31 Å². The van der Waals surface area contributed by atoms with Gasteiger partial charge in [-0.25, -0.2) is 8.42 Å². The van der Waals surface area contributed by atoms with Crippen molar-refractivity contribution in [1.29, 1.82) is 0 Å². The molecule has 0 saturated carbocycles. The van der Waals surface area contributed by atoms with Crippen LogP contribution in [0.1, 0.15) is 44.6 Å². The molecule has 1 atom stereocenters. The smallest absolute Gasteiger partial charge is 0.243 e. The van der Waals surface area contributed by atoms with E-state index in [1.165, 1.54) is 11.2 Å². The molecule has 0 aliphatic carbocycles. The van der Waals surface area contributed by atoms with E-state index in [4.69, 9.17) is 9.47 Å². The Morgan fingerprint density at radius 2 is 1.76 bits per heavy atom. The fourth-order valence-electron chi connectivity index (χ4n) is 5.68. The molecule has 5 rings (SSSR count). The number of piperidine rings is 2. The van der Waals surface area contributed by atoms with Crippen LogP contribution in [-0.2, 0) is 35.5 Å². The topological polar surface area (TPSA) is 96.5 Å². The van der Waals surface area contributed by atoms with Gasteiger partial charge in [0, 0.05) is 58.2 Å². The number of amides is 2. The number of aryl methyl sites for hydroxylation is 1. The lowest BCUT2D eigenvalue weighted by Crippen LogP contribution is -2.51. The first-order valence-corrected chi connectivity index (χ1v) is 13.7. The van der Waals surface area contributed by atoms with Crippen molar-refractivity contribution in [2.45, 2.75) is 56.1 Å². The van der Waals surface area contributed by atoms with E-state index in [1.54, 1.807) is 23.1 Å². The van der Waals surface area contributed by atoms with E-state index in [1.807, 2.05) is 4.90 Å². The molecule has 1 spiro atoms. The van der Waals surface area contributed by atoms with Crippen LogP contribution < -0.4 is 4.90 Å². The molecule has 2 amide bonds. The van der Waals surface area contributed by atoms with Crippen molar-refractivity contribution < 1.29 is 27.5 Å². The molecule has 4 aliphatic rings. The van der Waals surface area contributed by atoms with Gasteiger partial charge in [-0.05, 0) is 49.4 Å². The molecule has 186 valence electrons. The Morgan fingerprint density at radius 3 is 2.47 bits per heavy atom. The maximum absolute atomic E-state index is 13.5. The molecule has 1 aromatic carbocycles. The predicted octanol–water partition coefficient (Wildman–Crippen LogP) is 1.75. The molecule has 0 N–H and O–H groups in total. The third-order valence-corrected chi connectivity index (χ3v) is 9.43. The normalized spacial score (nSPS) is 25.4. The summed E-state index contributed by atoms with van der Waals surface area (Å²) in [4.78, 5) is 29.0. The Labute approximate surface area is 201 Å². The van der Waals surface area contributed by atoms with Crippen LogP contribution in [0, 0.1) is 5.92 Å². The van der Waals surface area contributed by atoms with E-state index in [9.17, 15) is 18.0 Å². The van der Waals surface area contributed by atoms with Crippen molar-refractivity contribution in [3.63, 3.8) is 0 Å². The quantitative estimate of drug-likeness (QED) is 0.639. The van der Waals surface area contributed by atoms with Crippen LogP contribution in [0.4, 0.5) is 5.69 Å². The van der Waals surface area contributed by atoms with Crippen molar-refractivity contribution in [3.05, 3.63) is 23.8 Å². The zero-order valence-electron chi connectivity index (χ0n) is 19.7. The van der Waals surface area contributed by atoms with Gasteiger partial charge in [0.15, 0.2) is 5.79 Å². The van der Waals surface area contributed by atoms with Crippen LogP contribution in [0.5, 0.6) is 0 Å². The molecule has 0 unspecified atom stereocenters. The fourth-order valence-corrected chi connectivity index (χ4v) is 7.26. The summed E-state index contributed by atoms with van der Waals surface area (Å²) in [5.74, 6) is -0.892. The van der Waals surface area contributed by atoms with Crippen LogP contribution in [0.25, 0.3) is 0 Å². The summed E-state index contributed by atoms with van der Waals surface area (Å²) in [7, 11) is -3.73. The third kappa shape index (κ3) is 4.36. The summed E-state index contributed by atoms with van der Waals surface area (Å²) in [6, 6.07) is 5.04. The van der Waals surface area contributed by atoms with Crippen LogP contribution >= 0.6 is 0 Å². The number of hydrogen-bond donors (Lipinski definition) is 0. The highest BCUT2D eigenvalue weighted by atomic mass is 32.2. The van der Waals surface area contributed by atoms with Crippen LogP contribution in [-0.4, -0.2) is 81.2 Å². The largest absolute Gasteiger partial charge is 0.347 e. The molecule has 3 saturated heterocycles. The highest BCUT2D eigenvalue weighted by Crippen LogP contribution is 2.34. The van der Waals surface area contributed by atoms with Gasteiger partial charge in [0.1, 0.15) is 0 Å². The molecule has 34 heavy (non-hydrogen) atoms. The third-order valence-electron chi connectivity index (χ3n) is 7.57. The second kappa shape index (κ2) is 9.22. The number of fused-ring (bicyclic) bond motifs is 1. The van der Waals surface area contributed by atoms with Crippen LogP contribution in [0.3, 0.4) is 0 Å². The van der Waals surface area contributed by atoms with Gasteiger partial charge in [0.2, 0.25) is 21.8 Å². The standard InChI is InChI=1S/C24H33N3O6S/c1-18(28)27-11-3-4-19-16-21(6-7-22(19)27)34(30,31)26-10-2-5-20(17-26)23(29)25-12-8-24(9-13-25)32-14-15-33-24/h6-7,16,20H,2-5,8-15,17H2,1H3/t20-/m0/s1. The van der Waals surface area contributed by atoms with Crippen molar-refractivity contribution in [1.82, 2.24) is 9.21 Å². The van der Waals surface area contributed by atoms with E-state index in [0.717, 1.165) is 24.1 Å². The molecule has 10 heteroatoms. The van der Waals surface area contributed by atoms with Gasteiger partial charge in [0.05, 0.1) is 24.0 Å². The number of anilines is 1. The molecule has 0 radical (unpaired) electrons. The maximum atomic E-state index is 13.5. The molecule has 4 heterocycles. The van der Waals surface area contributed by atoms with Crippen molar-refractivity contribution in [2.75, 3.05) is 50.8 Å². The zero-order valence-corrected chi connectivity index (χ0v) is 20.5. The number of benzene rings is 1. The first kappa shape index (κ1) is 23.7. The first-order chi connectivity index (χ1) is 16.3. The zero-order chi connectivity index (χ0) is 23.9. The summed E-state index contributed by atoms with van der Waals surface area (Å²) in [5, 5.41) is 0. The van der Waals surface area contributed by atoms with Gasteiger partial charge in [-0.3, -0.25) is 9.59 Å². The summed E-state index contributed by atoms with van der Waals surface area (Å²) in [6.45, 7) is 5.12. The van der Waals surface area contributed by atoms with Crippen molar-refractivity contribution in [3.8, 4) is 0 Å². The highest BCUT2D eigenvalue weighted by molar-refractivity contribution is 7.89. The summed E-state index contributed by atoms with van der Waals surface area (Å²) in [5.41, 5.74) is 1.67. The molecule has 9 nitrogen and oxygen atoms in total. The van der Waals surface area contributed by atoms with Gasteiger partial charge >= 0.3 is 0 Å². The minimum absolute atomic E-state index is 0.0234. The lowest BCUT2D eigenvalue weighted by atomic mass is 9.96. The first-order valence-electron chi connectivity index (χ1n) is 12.3. The maximum Gasteiger partial charge on any atom is 0.243 e. The number of nitrogens with zero attached hydrogens (tertiary/aromatic N) is 3. The lowest BCUT2D eigenvalue weighted by molar-refractivity contribution is -0.188. The minimum Gasteiger partial charge on any atom is -0.347 e. The van der Waals surface area contributed by atoms with Gasteiger partial charge in [0.25, 0.3) is 0 Å². The predicted molar refractivity (Wildman–Crippen MR) is 125 cm³/mol. The number of ether oxygens (including phenoxy) is 2. The minimum atomic E-state index is -3.73. The number of rotatable bonds is 3. The molecular weight excluding hydrogens is 458 g/mol. The Morgan fingerprint density at radius 1 is 1.03 bits per heavy atom. The SMILES string of the molecule is CC(=O)N1CCCc2cc(S(=O)(=O)N3CCC[C@H](C(=O)N4CCC5(CC4)OCCO5)C3)ccc21. The van der Waals surface area contributed by atoms with Crippen molar-refractivity contribution >= 4 is 27.5 Å². The van der Waals surface area contributed by atoms with Gasteiger partial charge in [-0.15, -0.1) is 0 Å². The monoisotopic (exact) mass is 491 g/mol. The average Bonchev–Trinajstić information content (AvgIpc) is 3.31. The molecular formula is C24H33N3O6S. The second-order valence-electron chi connectivity index (χ2n) is 9.70. The molecule has 1 aromatic rings. The van der Waals surface area contributed by atoms with Gasteiger partial charge in [-0.1, -0.05) is 0 Å². The Kier molecular flexibility index (Phi) is 6.43. The second-order valence-corrected chi connectivity index (χ2v) is 11.6. The summed E-state index contributed by atoms with van der Waals surface area (Å²) in [6.07, 6.45) is 4.21. The van der Waals surface area contributed by atoms with E-state index in [2.05, 4.69) is 0 Å². The van der Waals surface area contributed by atoms with Gasteiger partial charge < -0.3 is 19.3 Å². The number of likely N-dealkylation sites (tertiary alicyclic amines) is 1. The van der Waals surface area contributed by atoms with Crippen LogP contribution in [0.15, 0.2) is 23.1 Å². The lowest BCUT2D eigenvalue weighted by Gasteiger charge is -2.40. The van der Waals surface area contributed by atoms with E-state index in [-0.39, 0.29) is 29.2 Å².